The van der Waals surface area contributed by atoms with Crippen LogP contribution in [0.5, 0.6) is 0 Å². The molecule has 2 aliphatic heterocycles. The quantitative estimate of drug-likeness (QED) is 0.317. The van der Waals surface area contributed by atoms with Gasteiger partial charge in [-0.05, 0) is 36.8 Å². The monoisotopic (exact) mass is 514 g/mol. The van der Waals surface area contributed by atoms with Crippen molar-refractivity contribution in [2.75, 3.05) is 39.4 Å². The normalized spacial score (nSPS) is 20.8. The number of aromatic nitrogens is 2. The van der Waals surface area contributed by atoms with Crippen molar-refractivity contribution < 1.29 is 19.4 Å². The highest BCUT2D eigenvalue weighted by atomic mass is 35.5. The van der Waals surface area contributed by atoms with Crippen LogP contribution < -0.4 is 0 Å². The molecule has 1 amide bonds. The van der Waals surface area contributed by atoms with Crippen molar-refractivity contribution in [2.24, 2.45) is 0 Å². The number of pyridine rings is 1. The number of amides is 1. The number of Topliss-reactive ketones (excluding diaryl/α,β-unsaturated/α-hetero) is 1. The number of hydrogen-bond acceptors (Lipinski definition) is 6. The van der Waals surface area contributed by atoms with E-state index in [1.807, 2.05) is 12.1 Å². The van der Waals surface area contributed by atoms with Gasteiger partial charge >= 0.3 is 0 Å². The van der Waals surface area contributed by atoms with Crippen LogP contribution in [0.25, 0.3) is 11.4 Å². The minimum Gasteiger partial charge on any atom is -0.505 e. The maximum atomic E-state index is 13.4. The number of likely N-dealkylation sites (tertiary alicyclic amines) is 1. The zero-order valence-electron chi connectivity index (χ0n) is 19.1. The molecular weight excluding hydrogens is 491 g/mol. The van der Waals surface area contributed by atoms with E-state index in [4.69, 9.17) is 27.9 Å². The third-order valence-corrected chi connectivity index (χ3v) is 7.23. The van der Waals surface area contributed by atoms with Crippen LogP contribution >= 0.6 is 23.2 Å². The molecule has 2 aromatic heterocycles. The van der Waals surface area contributed by atoms with Gasteiger partial charge in [0, 0.05) is 32.4 Å². The molecule has 5 rings (SSSR count). The summed E-state index contributed by atoms with van der Waals surface area (Å²) in [5.74, 6) is -1.68. The number of fused-ring (bicyclic) bond motifs is 1. The van der Waals surface area contributed by atoms with E-state index < -0.39 is 17.7 Å². The van der Waals surface area contributed by atoms with E-state index in [1.165, 1.54) is 4.90 Å². The largest absolute Gasteiger partial charge is 0.505 e. The van der Waals surface area contributed by atoms with Crippen LogP contribution in [0.3, 0.4) is 0 Å². The fourth-order valence-corrected chi connectivity index (χ4v) is 5.05. The van der Waals surface area contributed by atoms with Gasteiger partial charge in [0.2, 0.25) is 0 Å². The Balaban J connectivity index is 1.62. The van der Waals surface area contributed by atoms with Crippen LogP contribution in [-0.4, -0.2) is 75.4 Å². The number of rotatable bonds is 5. The number of ether oxygens (including phenoxy) is 1. The number of morpholine rings is 1. The average Bonchev–Trinajstić information content (AvgIpc) is 3.32. The first-order valence-electron chi connectivity index (χ1n) is 11.3. The van der Waals surface area contributed by atoms with E-state index in [9.17, 15) is 14.7 Å². The second-order valence-corrected chi connectivity index (χ2v) is 9.41. The molecule has 2 fully saturated rings. The first kappa shape index (κ1) is 23.8. The Kier molecular flexibility index (Phi) is 6.55. The topological polar surface area (TPSA) is 87.4 Å². The maximum Gasteiger partial charge on any atom is 0.295 e. The van der Waals surface area contributed by atoms with Gasteiger partial charge in [0.05, 0.1) is 40.6 Å². The van der Waals surface area contributed by atoms with Crippen LogP contribution in [-0.2, 0) is 14.3 Å². The lowest BCUT2D eigenvalue weighted by Gasteiger charge is -2.31. The summed E-state index contributed by atoms with van der Waals surface area (Å²) in [6, 6.07) is 9.62. The fourth-order valence-electron chi connectivity index (χ4n) is 4.74. The van der Waals surface area contributed by atoms with E-state index in [0.29, 0.717) is 58.9 Å². The smallest absolute Gasteiger partial charge is 0.295 e. The molecule has 1 atom stereocenters. The lowest BCUT2D eigenvalue weighted by Crippen LogP contribution is -2.42. The lowest BCUT2D eigenvalue weighted by molar-refractivity contribution is -0.140. The number of aryl methyl sites for hydroxylation is 1. The van der Waals surface area contributed by atoms with Gasteiger partial charge in [-0.2, -0.15) is 0 Å². The number of halogens is 2. The molecule has 10 heteroatoms. The van der Waals surface area contributed by atoms with Crippen LogP contribution in [0.4, 0.5) is 0 Å². The Morgan fingerprint density at radius 1 is 1.11 bits per heavy atom. The molecule has 0 saturated carbocycles. The molecule has 4 heterocycles. The minimum atomic E-state index is -0.820. The number of carbonyl (C=O) groups is 2. The predicted octanol–water partition coefficient (Wildman–Crippen LogP) is 3.70. The molecule has 1 aromatic carbocycles. The summed E-state index contributed by atoms with van der Waals surface area (Å²) >= 11 is 12.4. The highest BCUT2D eigenvalue weighted by Crippen LogP contribution is 2.41. The van der Waals surface area contributed by atoms with Gasteiger partial charge in [0.15, 0.2) is 5.76 Å². The van der Waals surface area contributed by atoms with Crippen molar-refractivity contribution in [1.29, 1.82) is 0 Å². The van der Waals surface area contributed by atoms with Crippen LogP contribution in [0.2, 0.25) is 10.0 Å². The van der Waals surface area contributed by atoms with Crippen molar-refractivity contribution in [3.8, 4) is 0 Å². The van der Waals surface area contributed by atoms with Crippen LogP contribution in [0.1, 0.15) is 23.0 Å². The molecule has 2 aliphatic rings. The van der Waals surface area contributed by atoms with Crippen molar-refractivity contribution in [3.63, 3.8) is 0 Å². The van der Waals surface area contributed by atoms with Crippen LogP contribution in [0.15, 0.2) is 48.2 Å². The summed E-state index contributed by atoms with van der Waals surface area (Å²) in [4.78, 5) is 34.8. The highest BCUT2D eigenvalue weighted by molar-refractivity contribution is 6.46. The zero-order chi connectivity index (χ0) is 24.7. The van der Waals surface area contributed by atoms with E-state index in [0.717, 1.165) is 13.1 Å². The number of nitrogens with zero attached hydrogens (tertiary/aromatic N) is 4. The average molecular weight is 515 g/mol. The van der Waals surface area contributed by atoms with E-state index >= 15 is 0 Å². The standard InChI is InChI=1S/C25H24Cl2N4O4/c1-15-21(30-7-3-2-4-19(30)28-15)23(32)20-22(16-5-6-17(26)18(27)14-16)31(25(34)24(20)33)9-8-29-10-12-35-13-11-29/h2-7,14,22,32H,8-13H2,1H3/b23-20+. The Labute approximate surface area is 212 Å². The Morgan fingerprint density at radius 2 is 1.89 bits per heavy atom. The van der Waals surface area contributed by atoms with Gasteiger partial charge in [-0.3, -0.25) is 18.9 Å². The van der Waals surface area contributed by atoms with Gasteiger partial charge < -0.3 is 14.7 Å². The molecule has 3 aromatic rings. The molecular formula is C25H24Cl2N4O4. The van der Waals surface area contributed by atoms with Gasteiger partial charge in [-0.1, -0.05) is 35.3 Å². The Morgan fingerprint density at radius 3 is 2.63 bits per heavy atom. The molecule has 1 unspecified atom stereocenters. The summed E-state index contributed by atoms with van der Waals surface area (Å²) in [6.07, 6.45) is 1.76. The second kappa shape index (κ2) is 9.62. The molecule has 0 radical (unpaired) electrons. The first-order valence-corrected chi connectivity index (χ1v) is 12.1. The first-order chi connectivity index (χ1) is 16.9. The van der Waals surface area contributed by atoms with Gasteiger partial charge in [0.25, 0.3) is 11.7 Å². The Hall–Kier alpha value is -2.91. The number of imidazole rings is 1. The van der Waals surface area contributed by atoms with E-state index in [-0.39, 0.29) is 11.3 Å². The van der Waals surface area contributed by atoms with Gasteiger partial charge in [-0.15, -0.1) is 0 Å². The number of carbonyl (C=O) groups excluding carboxylic acids is 2. The summed E-state index contributed by atoms with van der Waals surface area (Å²) in [5, 5.41) is 12.2. The lowest BCUT2D eigenvalue weighted by atomic mass is 9.96. The van der Waals surface area contributed by atoms with Crippen molar-refractivity contribution in [2.45, 2.75) is 13.0 Å². The molecule has 0 bridgehead atoms. The minimum absolute atomic E-state index is 0.00381. The number of aliphatic hydroxyl groups excluding tert-OH is 1. The SMILES string of the molecule is Cc1nc2ccccn2c1/C(O)=C1\C(=O)C(=O)N(CCN2CCOCC2)C1c1ccc(Cl)c(Cl)c1. The highest BCUT2D eigenvalue weighted by Gasteiger charge is 2.46. The van der Waals surface area contributed by atoms with E-state index in [2.05, 4.69) is 9.88 Å². The van der Waals surface area contributed by atoms with Gasteiger partial charge in [0.1, 0.15) is 11.3 Å². The molecule has 35 heavy (non-hydrogen) atoms. The third kappa shape index (κ3) is 4.31. The Bertz CT molecular complexity index is 1350. The summed E-state index contributed by atoms with van der Waals surface area (Å²) in [6.45, 7) is 5.39. The molecule has 8 nitrogen and oxygen atoms in total. The van der Waals surface area contributed by atoms with Crippen molar-refractivity contribution in [3.05, 3.63) is 75.2 Å². The predicted molar refractivity (Wildman–Crippen MR) is 133 cm³/mol. The van der Waals surface area contributed by atoms with Crippen molar-refractivity contribution >= 4 is 46.3 Å². The third-order valence-electron chi connectivity index (χ3n) is 6.49. The maximum absolute atomic E-state index is 13.4. The van der Waals surface area contributed by atoms with Crippen molar-refractivity contribution in [1.82, 2.24) is 19.2 Å². The molecule has 1 N–H and O–H groups in total. The summed E-state index contributed by atoms with van der Waals surface area (Å²) in [5.41, 5.74) is 2.13. The molecule has 2 saturated heterocycles. The zero-order valence-corrected chi connectivity index (χ0v) is 20.6. The van der Waals surface area contributed by atoms with Gasteiger partial charge in [-0.25, -0.2) is 4.98 Å². The molecule has 182 valence electrons. The molecule has 0 aliphatic carbocycles. The number of ketones is 1. The second-order valence-electron chi connectivity index (χ2n) is 8.59. The number of benzene rings is 1. The fraction of sp³-hybridized carbons (Fsp3) is 0.320. The molecule has 0 spiro atoms. The number of hydrogen-bond donors (Lipinski definition) is 1. The number of aliphatic hydroxyl groups is 1. The summed E-state index contributed by atoms with van der Waals surface area (Å²) < 4.78 is 7.11. The van der Waals surface area contributed by atoms with Crippen LogP contribution in [0, 0.1) is 6.92 Å². The summed E-state index contributed by atoms with van der Waals surface area (Å²) in [7, 11) is 0. The van der Waals surface area contributed by atoms with E-state index in [1.54, 1.807) is 41.8 Å².